The lowest BCUT2D eigenvalue weighted by Crippen LogP contribution is -2.50. The van der Waals surface area contributed by atoms with Crippen LogP contribution in [0.3, 0.4) is 0 Å². The molecule has 0 saturated carbocycles. The molecule has 1 unspecified atom stereocenters. The Labute approximate surface area is 184 Å². The van der Waals surface area contributed by atoms with E-state index < -0.39 is 6.04 Å². The maximum atomic E-state index is 13.4. The number of rotatable bonds is 10. The molecule has 0 aliphatic heterocycles. The second-order valence-electron chi connectivity index (χ2n) is 7.59. The van der Waals surface area contributed by atoms with Gasteiger partial charge >= 0.3 is 0 Å². The zero-order valence-corrected chi connectivity index (χ0v) is 18.0. The van der Waals surface area contributed by atoms with Gasteiger partial charge in [-0.2, -0.15) is 0 Å². The Bertz CT molecular complexity index is 943. The van der Waals surface area contributed by atoms with Crippen LogP contribution in [0.4, 0.5) is 0 Å². The molecule has 0 aliphatic rings. The highest BCUT2D eigenvalue weighted by molar-refractivity contribution is 5.88. The molecule has 4 nitrogen and oxygen atoms in total. The summed E-state index contributed by atoms with van der Waals surface area (Å²) in [6.45, 7) is 2.83. The first kappa shape index (κ1) is 22.3. The predicted octanol–water partition coefficient (Wildman–Crippen LogP) is 4.40. The molecule has 0 aliphatic carbocycles. The van der Waals surface area contributed by atoms with Gasteiger partial charge in [0.25, 0.3) is 0 Å². The van der Waals surface area contributed by atoms with Crippen molar-refractivity contribution >= 4 is 11.8 Å². The fourth-order valence-corrected chi connectivity index (χ4v) is 3.67. The molecule has 160 valence electrons. The van der Waals surface area contributed by atoms with E-state index in [1.807, 2.05) is 97.9 Å². The Morgan fingerprint density at radius 2 is 1.29 bits per heavy atom. The van der Waals surface area contributed by atoms with Gasteiger partial charge in [-0.3, -0.25) is 9.59 Å². The molecule has 31 heavy (non-hydrogen) atoms. The van der Waals surface area contributed by atoms with Crippen LogP contribution < -0.4 is 5.32 Å². The number of amides is 2. The predicted molar refractivity (Wildman–Crippen MR) is 124 cm³/mol. The van der Waals surface area contributed by atoms with Gasteiger partial charge in [0.2, 0.25) is 11.8 Å². The van der Waals surface area contributed by atoms with Crippen molar-refractivity contribution in [3.8, 4) is 0 Å². The third kappa shape index (κ3) is 6.82. The molecule has 2 amide bonds. The monoisotopic (exact) mass is 414 g/mol. The summed E-state index contributed by atoms with van der Waals surface area (Å²) < 4.78 is 0. The molecular weight excluding hydrogens is 384 g/mol. The number of nitrogens with one attached hydrogen (secondary N) is 1. The van der Waals surface area contributed by atoms with E-state index in [1.54, 1.807) is 4.90 Å². The van der Waals surface area contributed by atoms with Crippen molar-refractivity contribution in [3.05, 3.63) is 108 Å². The molecule has 0 spiro atoms. The molecule has 0 heterocycles. The quantitative estimate of drug-likeness (QED) is 0.535. The van der Waals surface area contributed by atoms with Gasteiger partial charge in [0.15, 0.2) is 0 Å². The number of nitrogens with zero attached hydrogens (tertiary/aromatic N) is 1. The van der Waals surface area contributed by atoms with E-state index in [1.165, 1.54) is 0 Å². The average Bonchev–Trinajstić information content (AvgIpc) is 2.82. The second-order valence-corrected chi connectivity index (χ2v) is 7.59. The SMILES string of the molecule is CCNC(=O)C(Cc1ccccc1)N(Cc1ccccc1)C(=O)CCc1ccccc1. The summed E-state index contributed by atoms with van der Waals surface area (Å²) in [6.07, 6.45) is 1.50. The Morgan fingerprint density at radius 1 is 0.774 bits per heavy atom. The van der Waals surface area contributed by atoms with E-state index in [-0.39, 0.29) is 11.8 Å². The molecule has 3 aromatic rings. The lowest BCUT2D eigenvalue weighted by atomic mass is 10.0. The molecule has 0 saturated heterocycles. The van der Waals surface area contributed by atoms with Crippen LogP contribution in [0, 0.1) is 0 Å². The lowest BCUT2D eigenvalue weighted by Gasteiger charge is -2.31. The summed E-state index contributed by atoms with van der Waals surface area (Å²) in [5.41, 5.74) is 3.17. The maximum Gasteiger partial charge on any atom is 0.243 e. The fraction of sp³-hybridized carbons (Fsp3) is 0.259. The molecule has 0 bridgehead atoms. The van der Waals surface area contributed by atoms with Crippen LogP contribution in [0.15, 0.2) is 91.0 Å². The van der Waals surface area contributed by atoms with Gasteiger partial charge in [-0.25, -0.2) is 0 Å². The maximum absolute atomic E-state index is 13.4. The Kier molecular flexibility index (Phi) is 8.41. The van der Waals surface area contributed by atoms with Crippen molar-refractivity contribution in [2.75, 3.05) is 6.54 Å². The summed E-state index contributed by atoms with van der Waals surface area (Å²) in [7, 11) is 0. The van der Waals surface area contributed by atoms with Gasteiger partial charge in [-0.05, 0) is 30.0 Å². The average molecular weight is 415 g/mol. The Morgan fingerprint density at radius 3 is 1.84 bits per heavy atom. The molecule has 1 N–H and O–H groups in total. The molecule has 0 radical (unpaired) electrons. The smallest absolute Gasteiger partial charge is 0.243 e. The number of benzene rings is 3. The summed E-state index contributed by atoms with van der Waals surface area (Å²) in [6, 6.07) is 29.2. The molecular formula is C27H30N2O2. The zero-order chi connectivity index (χ0) is 21.9. The minimum atomic E-state index is -0.564. The minimum absolute atomic E-state index is 0.0140. The topological polar surface area (TPSA) is 49.4 Å². The molecule has 3 aromatic carbocycles. The largest absolute Gasteiger partial charge is 0.355 e. The van der Waals surface area contributed by atoms with Gasteiger partial charge in [0, 0.05) is 25.9 Å². The van der Waals surface area contributed by atoms with Crippen molar-refractivity contribution in [2.45, 2.75) is 38.8 Å². The van der Waals surface area contributed by atoms with E-state index in [2.05, 4.69) is 5.32 Å². The lowest BCUT2D eigenvalue weighted by molar-refractivity contribution is -0.141. The van der Waals surface area contributed by atoms with Crippen molar-refractivity contribution in [1.29, 1.82) is 0 Å². The van der Waals surface area contributed by atoms with Crippen LogP contribution in [0.2, 0.25) is 0 Å². The summed E-state index contributed by atoms with van der Waals surface area (Å²) in [4.78, 5) is 28.2. The van der Waals surface area contributed by atoms with Crippen LogP contribution in [-0.4, -0.2) is 29.3 Å². The van der Waals surface area contributed by atoms with Crippen LogP contribution >= 0.6 is 0 Å². The van der Waals surface area contributed by atoms with Gasteiger partial charge in [0.05, 0.1) is 0 Å². The van der Waals surface area contributed by atoms with Crippen LogP contribution in [0.1, 0.15) is 30.0 Å². The van der Waals surface area contributed by atoms with Gasteiger partial charge in [0.1, 0.15) is 6.04 Å². The third-order valence-corrected chi connectivity index (χ3v) is 5.29. The van der Waals surface area contributed by atoms with Crippen LogP contribution in [-0.2, 0) is 29.0 Å². The second kappa shape index (κ2) is 11.7. The highest BCUT2D eigenvalue weighted by atomic mass is 16.2. The number of carbonyl (C=O) groups is 2. The number of hydrogen-bond donors (Lipinski definition) is 1. The van der Waals surface area contributed by atoms with E-state index in [9.17, 15) is 9.59 Å². The zero-order valence-electron chi connectivity index (χ0n) is 18.0. The standard InChI is InChI=1S/C27H30N2O2/c1-2-28-27(31)25(20-23-14-8-4-9-15-23)29(21-24-16-10-5-11-17-24)26(30)19-18-22-12-6-3-7-13-22/h3-17,25H,2,18-21H2,1H3,(H,28,31). The number of carbonyl (C=O) groups excluding carboxylic acids is 2. The highest BCUT2D eigenvalue weighted by Gasteiger charge is 2.29. The van der Waals surface area contributed by atoms with E-state index in [4.69, 9.17) is 0 Å². The number of likely N-dealkylation sites (N-methyl/N-ethyl adjacent to an activating group) is 1. The molecule has 1 atom stereocenters. The van der Waals surface area contributed by atoms with Crippen LogP contribution in [0.5, 0.6) is 0 Å². The molecule has 4 heteroatoms. The first-order chi connectivity index (χ1) is 15.2. The Hall–Kier alpha value is -3.40. The summed E-state index contributed by atoms with van der Waals surface area (Å²) >= 11 is 0. The molecule has 0 aromatic heterocycles. The molecule has 3 rings (SSSR count). The summed E-state index contributed by atoms with van der Waals surface area (Å²) in [5.74, 6) is -0.129. The Balaban J connectivity index is 1.86. The van der Waals surface area contributed by atoms with Gasteiger partial charge in [-0.15, -0.1) is 0 Å². The van der Waals surface area contributed by atoms with Crippen molar-refractivity contribution in [1.82, 2.24) is 10.2 Å². The first-order valence-electron chi connectivity index (χ1n) is 10.9. The summed E-state index contributed by atoms with van der Waals surface area (Å²) in [5, 5.41) is 2.93. The number of aryl methyl sites for hydroxylation is 1. The third-order valence-electron chi connectivity index (χ3n) is 5.29. The first-order valence-corrected chi connectivity index (χ1v) is 10.9. The van der Waals surface area contributed by atoms with Gasteiger partial charge in [-0.1, -0.05) is 91.0 Å². The highest BCUT2D eigenvalue weighted by Crippen LogP contribution is 2.17. The van der Waals surface area contributed by atoms with Crippen LogP contribution in [0.25, 0.3) is 0 Å². The van der Waals surface area contributed by atoms with Crippen molar-refractivity contribution in [2.24, 2.45) is 0 Å². The van der Waals surface area contributed by atoms with E-state index in [0.29, 0.717) is 32.4 Å². The van der Waals surface area contributed by atoms with Crippen molar-refractivity contribution < 1.29 is 9.59 Å². The van der Waals surface area contributed by atoms with Crippen molar-refractivity contribution in [3.63, 3.8) is 0 Å². The number of hydrogen-bond acceptors (Lipinski definition) is 2. The van der Waals surface area contributed by atoms with E-state index >= 15 is 0 Å². The minimum Gasteiger partial charge on any atom is -0.355 e. The fourth-order valence-electron chi connectivity index (χ4n) is 3.67. The normalized spacial score (nSPS) is 11.5. The van der Waals surface area contributed by atoms with E-state index in [0.717, 1.165) is 16.7 Å². The van der Waals surface area contributed by atoms with Gasteiger partial charge < -0.3 is 10.2 Å². The molecule has 0 fully saturated rings.